The molecule has 0 saturated heterocycles. The third kappa shape index (κ3) is 3.72. The van der Waals surface area contributed by atoms with Gasteiger partial charge in [0.25, 0.3) is 5.91 Å². The summed E-state index contributed by atoms with van der Waals surface area (Å²) in [6, 6.07) is 10.5. The Bertz CT molecular complexity index is 592. The molecule has 0 bridgehead atoms. The summed E-state index contributed by atoms with van der Waals surface area (Å²) < 4.78 is 10.3. The second-order valence-corrected chi connectivity index (χ2v) is 4.55. The number of benzene rings is 1. The van der Waals surface area contributed by atoms with Crippen LogP contribution < -0.4 is 14.8 Å². The Kier molecular flexibility index (Phi) is 4.77. The zero-order chi connectivity index (χ0) is 15.2. The minimum Gasteiger partial charge on any atom is -0.497 e. The fourth-order valence-corrected chi connectivity index (χ4v) is 1.92. The van der Waals surface area contributed by atoms with Crippen molar-refractivity contribution in [2.75, 3.05) is 14.2 Å². The Balaban J connectivity index is 2.16. The van der Waals surface area contributed by atoms with Crippen LogP contribution >= 0.6 is 0 Å². The van der Waals surface area contributed by atoms with Crippen LogP contribution in [0.2, 0.25) is 0 Å². The maximum absolute atomic E-state index is 12.3. The van der Waals surface area contributed by atoms with Crippen molar-refractivity contribution in [3.63, 3.8) is 0 Å². The van der Waals surface area contributed by atoms with Crippen molar-refractivity contribution in [3.05, 3.63) is 53.9 Å². The zero-order valence-electron chi connectivity index (χ0n) is 12.3. The van der Waals surface area contributed by atoms with Gasteiger partial charge in [-0.3, -0.25) is 9.78 Å². The standard InChI is InChI=1S/C16H18N2O3/c1-11(15-6-4-5-7-17-15)18-16(19)12-8-13(20-2)10-14(9-12)21-3/h4-11H,1-3H3,(H,18,19)/t11-/m0/s1. The monoisotopic (exact) mass is 286 g/mol. The average Bonchev–Trinajstić information content (AvgIpc) is 2.54. The highest BCUT2D eigenvalue weighted by Gasteiger charge is 2.14. The second kappa shape index (κ2) is 6.74. The van der Waals surface area contributed by atoms with E-state index < -0.39 is 0 Å². The Morgan fingerprint density at radius 1 is 1.14 bits per heavy atom. The van der Waals surface area contributed by atoms with E-state index in [2.05, 4.69) is 10.3 Å². The molecule has 0 unspecified atom stereocenters. The van der Waals surface area contributed by atoms with Gasteiger partial charge in [-0.05, 0) is 31.2 Å². The molecular weight excluding hydrogens is 268 g/mol. The predicted molar refractivity (Wildman–Crippen MR) is 79.7 cm³/mol. The van der Waals surface area contributed by atoms with Crippen LogP contribution in [0.25, 0.3) is 0 Å². The van der Waals surface area contributed by atoms with Gasteiger partial charge in [-0.15, -0.1) is 0 Å². The van der Waals surface area contributed by atoms with Crippen LogP contribution in [0, 0.1) is 0 Å². The van der Waals surface area contributed by atoms with E-state index >= 15 is 0 Å². The predicted octanol–water partition coefficient (Wildman–Crippen LogP) is 2.59. The Morgan fingerprint density at radius 3 is 2.33 bits per heavy atom. The van der Waals surface area contributed by atoms with Crippen LogP contribution in [-0.2, 0) is 0 Å². The molecular formula is C16H18N2O3. The highest BCUT2D eigenvalue weighted by molar-refractivity contribution is 5.95. The molecule has 5 nitrogen and oxygen atoms in total. The average molecular weight is 286 g/mol. The molecule has 0 spiro atoms. The van der Waals surface area contributed by atoms with Crippen molar-refractivity contribution >= 4 is 5.91 Å². The summed E-state index contributed by atoms with van der Waals surface area (Å²) in [6.45, 7) is 1.89. The molecule has 2 aromatic rings. The van der Waals surface area contributed by atoms with E-state index in [1.54, 1.807) is 38.6 Å². The van der Waals surface area contributed by atoms with Crippen molar-refractivity contribution in [2.24, 2.45) is 0 Å². The molecule has 1 N–H and O–H groups in total. The van der Waals surface area contributed by atoms with Gasteiger partial charge in [0.15, 0.2) is 0 Å². The third-order valence-electron chi connectivity index (χ3n) is 3.09. The lowest BCUT2D eigenvalue weighted by molar-refractivity contribution is 0.0938. The van der Waals surface area contributed by atoms with Crippen molar-refractivity contribution < 1.29 is 14.3 Å². The SMILES string of the molecule is COc1cc(OC)cc(C(=O)N[C@@H](C)c2ccccn2)c1. The Hall–Kier alpha value is -2.56. The fourth-order valence-electron chi connectivity index (χ4n) is 1.92. The number of methoxy groups -OCH3 is 2. The first-order valence-electron chi connectivity index (χ1n) is 6.59. The summed E-state index contributed by atoms with van der Waals surface area (Å²) in [5.74, 6) is 0.945. The number of nitrogens with zero attached hydrogens (tertiary/aromatic N) is 1. The highest BCUT2D eigenvalue weighted by atomic mass is 16.5. The zero-order valence-corrected chi connectivity index (χ0v) is 12.3. The molecule has 1 atom stereocenters. The van der Waals surface area contributed by atoms with E-state index in [4.69, 9.17) is 9.47 Å². The number of rotatable bonds is 5. The minimum absolute atomic E-state index is 0.184. The van der Waals surface area contributed by atoms with Gasteiger partial charge in [-0.1, -0.05) is 6.07 Å². The number of amides is 1. The minimum atomic E-state index is -0.203. The number of carbonyl (C=O) groups excluding carboxylic acids is 1. The van der Waals surface area contributed by atoms with Crippen LogP contribution in [0.1, 0.15) is 29.0 Å². The third-order valence-corrected chi connectivity index (χ3v) is 3.09. The molecule has 0 aliphatic rings. The summed E-state index contributed by atoms with van der Waals surface area (Å²) in [7, 11) is 3.10. The van der Waals surface area contributed by atoms with E-state index in [0.717, 1.165) is 5.69 Å². The lowest BCUT2D eigenvalue weighted by Crippen LogP contribution is -2.27. The molecule has 5 heteroatoms. The highest BCUT2D eigenvalue weighted by Crippen LogP contribution is 2.23. The molecule has 0 saturated carbocycles. The smallest absolute Gasteiger partial charge is 0.252 e. The maximum Gasteiger partial charge on any atom is 0.252 e. The van der Waals surface area contributed by atoms with Crippen LogP contribution in [-0.4, -0.2) is 25.1 Å². The summed E-state index contributed by atoms with van der Waals surface area (Å²) in [5.41, 5.74) is 1.29. The van der Waals surface area contributed by atoms with Gasteiger partial charge in [0, 0.05) is 17.8 Å². The first kappa shape index (κ1) is 14.8. The largest absolute Gasteiger partial charge is 0.497 e. The van der Waals surface area contributed by atoms with Crippen LogP contribution in [0.15, 0.2) is 42.6 Å². The maximum atomic E-state index is 12.3. The van der Waals surface area contributed by atoms with Gasteiger partial charge in [0.1, 0.15) is 11.5 Å². The lowest BCUT2D eigenvalue weighted by Gasteiger charge is -2.14. The van der Waals surface area contributed by atoms with Crippen LogP contribution in [0.5, 0.6) is 11.5 Å². The molecule has 0 aliphatic heterocycles. The van der Waals surface area contributed by atoms with Crippen molar-refractivity contribution in [1.29, 1.82) is 0 Å². The van der Waals surface area contributed by atoms with Crippen LogP contribution in [0.4, 0.5) is 0 Å². The van der Waals surface area contributed by atoms with E-state index in [9.17, 15) is 4.79 Å². The van der Waals surface area contributed by atoms with Crippen molar-refractivity contribution in [3.8, 4) is 11.5 Å². The summed E-state index contributed by atoms with van der Waals surface area (Å²) in [6.07, 6.45) is 1.70. The number of carbonyl (C=O) groups is 1. The van der Waals surface area contributed by atoms with Gasteiger partial charge in [-0.2, -0.15) is 0 Å². The summed E-state index contributed by atoms with van der Waals surface area (Å²) in [5, 5.41) is 2.90. The number of pyridine rings is 1. The molecule has 21 heavy (non-hydrogen) atoms. The van der Waals surface area contributed by atoms with E-state index in [1.807, 2.05) is 25.1 Å². The van der Waals surface area contributed by atoms with E-state index in [-0.39, 0.29) is 11.9 Å². The van der Waals surface area contributed by atoms with Gasteiger partial charge in [-0.25, -0.2) is 0 Å². The Labute approximate surface area is 123 Å². The number of hydrogen-bond donors (Lipinski definition) is 1. The van der Waals surface area contributed by atoms with E-state index in [0.29, 0.717) is 17.1 Å². The van der Waals surface area contributed by atoms with Crippen molar-refractivity contribution in [1.82, 2.24) is 10.3 Å². The molecule has 110 valence electrons. The Morgan fingerprint density at radius 2 is 1.81 bits per heavy atom. The van der Waals surface area contributed by atoms with Gasteiger partial charge in [0.05, 0.1) is 26.0 Å². The van der Waals surface area contributed by atoms with Gasteiger partial charge >= 0.3 is 0 Å². The number of ether oxygens (including phenoxy) is 2. The number of nitrogens with one attached hydrogen (secondary N) is 1. The second-order valence-electron chi connectivity index (χ2n) is 4.55. The molecule has 2 rings (SSSR count). The fraction of sp³-hybridized carbons (Fsp3) is 0.250. The number of hydrogen-bond acceptors (Lipinski definition) is 4. The molecule has 1 aromatic heterocycles. The molecule has 1 aromatic carbocycles. The first-order chi connectivity index (χ1) is 10.1. The quantitative estimate of drug-likeness (QED) is 0.917. The molecule has 1 amide bonds. The summed E-state index contributed by atoms with van der Waals surface area (Å²) in [4.78, 5) is 16.5. The lowest BCUT2D eigenvalue weighted by atomic mass is 10.1. The molecule has 0 radical (unpaired) electrons. The van der Waals surface area contributed by atoms with E-state index in [1.165, 1.54) is 0 Å². The van der Waals surface area contributed by atoms with Gasteiger partial charge < -0.3 is 14.8 Å². The summed E-state index contributed by atoms with van der Waals surface area (Å²) >= 11 is 0. The molecule has 1 heterocycles. The first-order valence-corrected chi connectivity index (χ1v) is 6.59. The van der Waals surface area contributed by atoms with Gasteiger partial charge in [0.2, 0.25) is 0 Å². The normalized spacial score (nSPS) is 11.6. The van der Waals surface area contributed by atoms with Crippen molar-refractivity contribution in [2.45, 2.75) is 13.0 Å². The topological polar surface area (TPSA) is 60.5 Å². The molecule has 0 aliphatic carbocycles. The molecule has 0 fully saturated rings. The van der Waals surface area contributed by atoms with Crippen LogP contribution in [0.3, 0.4) is 0 Å². The number of aromatic nitrogens is 1.